The molecule has 4 atom stereocenters. The summed E-state index contributed by atoms with van der Waals surface area (Å²) in [5, 5.41) is 0. The van der Waals surface area contributed by atoms with E-state index in [0.717, 1.165) is 24.8 Å². The van der Waals surface area contributed by atoms with E-state index < -0.39 is 22.9 Å². The number of rotatable bonds is 4. The van der Waals surface area contributed by atoms with E-state index in [4.69, 9.17) is 14.2 Å². The van der Waals surface area contributed by atoms with Gasteiger partial charge in [0.1, 0.15) is 5.92 Å². The molecule has 1 aliphatic heterocycles. The number of ether oxygens (including phenoxy) is 3. The number of hydrogen-bond acceptors (Lipinski definition) is 5. The smallest absolute Gasteiger partial charge is 0.322 e. The third kappa shape index (κ3) is 2.35. The summed E-state index contributed by atoms with van der Waals surface area (Å²) in [6, 6.07) is 0. The maximum Gasteiger partial charge on any atom is 0.322 e. The Kier molecular flexibility index (Phi) is 4.09. The van der Waals surface area contributed by atoms with Crippen LogP contribution in [0.5, 0.6) is 0 Å². The minimum absolute atomic E-state index is 0.00299. The summed E-state index contributed by atoms with van der Waals surface area (Å²) in [6.07, 6.45) is 7.98. The normalized spacial score (nSPS) is 39.0. The molecule has 0 aromatic rings. The molecule has 3 aliphatic rings. The van der Waals surface area contributed by atoms with Gasteiger partial charge in [-0.25, -0.2) is 0 Å². The van der Waals surface area contributed by atoms with Crippen molar-refractivity contribution in [3.8, 4) is 0 Å². The Labute approximate surface area is 148 Å². The monoisotopic (exact) mass is 346 g/mol. The highest BCUT2D eigenvalue weighted by Crippen LogP contribution is 2.63. The average molecular weight is 346 g/mol. The minimum atomic E-state index is -1.07. The number of esters is 1. The van der Waals surface area contributed by atoms with Crippen molar-refractivity contribution in [2.45, 2.75) is 45.6 Å². The standard InChI is InChI=1S/C20H26O5/c1-6-19(4)10-8-14-18(2,3)9-7-13-11-15(23-5)25-17(22)16(19)20(13,14)24-12-21/h6-7,11-12,14,16H,1,8-10H2,2-5H3/t14-,16-,19?,20+/m0/s1. The Bertz CT molecular complexity index is 674. The predicted molar refractivity (Wildman–Crippen MR) is 92.1 cm³/mol. The van der Waals surface area contributed by atoms with Crippen molar-refractivity contribution < 1.29 is 23.8 Å². The number of carbonyl (C=O) groups excluding carboxylic acids is 2. The SMILES string of the molecule is C=CC1(C)CC[C@H]2C(C)(C)CC=C3C=C(OC)OC(=O)[C@@H]1[C@@]32OC=O. The molecule has 3 rings (SSSR count). The molecular weight excluding hydrogens is 320 g/mol. The highest BCUT2D eigenvalue weighted by molar-refractivity contribution is 5.79. The van der Waals surface area contributed by atoms with Gasteiger partial charge >= 0.3 is 5.97 Å². The first kappa shape index (κ1) is 17.8. The largest absolute Gasteiger partial charge is 0.468 e. The van der Waals surface area contributed by atoms with Gasteiger partial charge in [0, 0.05) is 17.4 Å². The van der Waals surface area contributed by atoms with Crippen molar-refractivity contribution in [1.29, 1.82) is 0 Å². The van der Waals surface area contributed by atoms with Crippen LogP contribution in [-0.2, 0) is 23.8 Å². The van der Waals surface area contributed by atoms with Gasteiger partial charge in [0.25, 0.3) is 12.4 Å². The van der Waals surface area contributed by atoms with Crippen LogP contribution < -0.4 is 0 Å². The fourth-order valence-electron chi connectivity index (χ4n) is 5.07. The molecule has 2 aliphatic carbocycles. The van der Waals surface area contributed by atoms with E-state index in [1.54, 1.807) is 12.2 Å². The van der Waals surface area contributed by atoms with Crippen molar-refractivity contribution in [3.63, 3.8) is 0 Å². The van der Waals surface area contributed by atoms with E-state index in [-0.39, 0.29) is 17.3 Å². The molecule has 0 spiro atoms. The van der Waals surface area contributed by atoms with E-state index in [2.05, 4.69) is 20.4 Å². The summed E-state index contributed by atoms with van der Waals surface area (Å²) in [6.45, 7) is 10.7. The molecular formula is C20H26O5. The van der Waals surface area contributed by atoms with Gasteiger partial charge < -0.3 is 14.2 Å². The molecule has 1 unspecified atom stereocenters. The molecule has 0 aromatic carbocycles. The lowest BCUT2D eigenvalue weighted by Crippen LogP contribution is -2.64. The zero-order valence-corrected chi connectivity index (χ0v) is 15.3. The van der Waals surface area contributed by atoms with Gasteiger partial charge in [0.2, 0.25) is 0 Å². The third-order valence-electron chi connectivity index (χ3n) is 6.44. The van der Waals surface area contributed by atoms with Crippen LogP contribution in [0, 0.1) is 22.7 Å². The second-order valence-electron chi connectivity index (χ2n) is 8.18. The first-order chi connectivity index (χ1) is 11.7. The molecule has 0 radical (unpaired) electrons. The molecule has 1 fully saturated rings. The highest BCUT2D eigenvalue weighted by atomic mass is 16.7. The number of allylic oxidation sites excluding steroid dienone is 2. The Morgan fingerprint density at radius 2 is 2.08 bits per heavy atom. The van der Waals surface area contributed by atoms with E-state index in [1.165, 1.54) is 7.11 Å². The zero-order chi connectivity index (χ0) is 18.5. The number of carbonyl (C=O) groups is 2. The Morgan fingerprint density at radius 3 is 2.68 bits per heavy atom. The van der Waals surface area contributed by atoms with Crippen LogP contribution >= 0.6 is 0 Å². The summed E-state index contributed by atoms with van der Waals surface area (Å²) in [5.41, 5.74) is -0.939. The zero-order valence-electron chi connectivity index (χ0n) is 15.3. The molecule has 0 bridgehead atoms. The topological polar surface area (TPSA) is 61.8 Å². The first-order valence-corrected chi connectivity index (χ1v) is 8.68. The van der Waals surface area contributed by atoms with E-state index >= 15 is 0 Å². The molecule has 0 saturated heterocycles. The molecule has 0 N–H and O–H groups in total. The van der Waals surface area contributed by atoms with Crippen LogP contribution in [-0.4, -0.2) is 25.2 Å². The summed E-state index contributed by atoms with van der Waals surface area (Å²) in [5.74, 6) is -0.980. The molecule has 0 amide bonds. The van der Waals surface area contributed by atoms with E-state index in [9.17, 15) is 9.59 Å². The maximum atomic E-state index is 13.1. The average Bonchev–Trinajstić information content (AvgIpc) is 2.68. The Hall–Kier alpha value is -2.04. The van der Waals surface area contributed by atoms with Crippen molar-refractivity contribution in [3.05, 3.63) is 36.3 Å². The molecule has 5 heteroatoms. The van der Waals surface area contributed by atoms with Crippen LogP contribution in [0.3, 0.4) is 0 Å². The van der Waals surface area contributed by atoms with Gasteiger partial charge in [-0.2, -0.15) is 0 Å². The number of cyclic esters (lactones) is 1. The highest BCUT2D eigenvalue weighted by Gasteiger charge is 2.67. The Balaban J connectivity index is 2.32. The van der Waals surface area contributed by atoms with Gasteiger partial charge in [-0.05, 0) is 30.3 Å². The van der Waals surface area contributed by atoms with Crippen molar-refractivity contribution in [2.24, 2.45) is 22.7 Å². The van der Waals surface area contributed by atoms with Gasteiger partial charge in [-0.3, -0.25) is 9.59 Å². The molecule has 1 heterocycles. The van der Waals surface area contributed by atoms with Gasteiger partial charge in [0.15, 0.2) is 5.60 Å². The fraction of sp³-hybridized carbons (Fsp3) is 0.600. The van der Waals surface area contributed by atoms with Crippen molar-refractivity contribution >= 4 is 12.4 Å². The molecule has 0 aromatic heterocycles. The van der Waals surface area contributed by atoms with Crippen LogP contribution in [0.4, 0.5) is 0 Å². The summed E-state index contributed by atoms with van der Waals surface area (Å²) < 4.78 is 16.5. The van der Waals surface area contributed by atoms with Crippen LogP contribution in [0.25, 0.3) is 0 Å². The lowest BCUT2D eigenvalue weighted by atomic mass is 9.47. The molecule has 1 saturated carbocycles. The lowest BCUT2D eigenvalue weighted by Gasteiger charge is -2.59. The second kappa shape index (κ2) is 5.75. The quantitative estimate of drug-likeness (QED) is 0.443. The van der Waals surface area contributed by atoms with Gasteiger partial charge in [-0.15, -0.1) is 6.58 Å². The third-order valence-corrected chi connectivity index (χ3v) is 6.44. The summed E-state index contributed by atoms with van der Waals surface area (Å²) in [7, 11) is 1.46. The van der Waals surface area contributed by atoms with E-state index in [0.29, 0.717) is 6.47 Å². The molecule has 5 nitrogen and oxygen atoms in total. The first-order valence-electron chi connectivity index (χ1n) is 8.68. The van der Waals surface area contributed by atoms with Crippen LogP contribution in [0.1, 0.15) is 40.0 Å². The molecule has 25 heavy (non-hydrogen) atoms. The summed E-state index contributed by atoms with van der Waals surface area (Å²) in [4.78, 5) is 24.7. The number of methoxy groups -OCH3 is 1. The second-order valence-corrected chi connectivity index (χ2v) is 8.18. The Morgan fingerprint density at radius 1 is 1.36 bits per heavy atom. The van der Waals surface area contributed by atoms with Crippen molar-refractivity contribution in [2.75, 3.05) is 7.11 Å². The van der Waals surface area contributed by atoms with Gasteiger partial charge in [0.05, 0.1) is 7.11 Å². The van der Waals surface area contributed by atoms with Crippen LogP contribution in [0.2, 0.25) is 0 Å². The molecule has 136 valence electrons. The van der Waals surface area contributed by atoms with Crippen molar-refractivity contribution in [1.82, 2.24) is 0 Å². The lowest BCUT2D eigenvalue weighted by molar-refractivity contribution is -0.195. The summed E-state index contributed by atoms with van der Waals surface area (Å²) >= 11 is 0. The van der Waals surface area contributed by atoms with Crippen LogP contribution in [0.15, 0.2) is 36.3 Å². The minimum Gasteiger partial charge on any atom is -0.468 e. The fourth-order valence-corrected chi connectivity index (χ4v) is 5.07. The predicted octanol–water partition coefficient (Wildman–Crippen LogP) is 3.52. The maximum absolute atomic E-state index is 13.1. The van der Waals surface area contributed by atoms with Gasteiger partial charge in [-0.1, -0.05) is 32.9 Å². The van der Waals surface area contributed by atoms with E-state index in [1.807, 2.05) is 13.0 Å². The number of hydrogen-bond donors (Lipinski definition) is 0.